The van der Waals surface area contributed by atoms with Crippen molar-refractivity contribution in [1.82, 2.24) is 9.97 Å². The quantitative estimate of drug-likeness (QED) is 0.484. The zero-order chi connectivity index (χ0) is 19.7. The molecular formula is C19H17N3O5S. The van der Waals surface area contributed by atoms with Crippen molar-refractivity contribution < 1.29 is 23.8 Å². The number of hydrogen-bond acceptors (Lipinski definition) is 7. The van der Waals surface area contributed by atoms with Gasteiger partial charge in [0.15, 0.2) is 22.4 Å². The first-order valence-corrected chi connectivity index (χ1v) is 9.43. The SMILES string of the molecule is COc1ccc2nc(SCC(=O)Nc3cc4c(cc3C(C)=O)OCO4)[nH]c2c1. The number of nitrogens with one attached hydrogen (secondary N) is 2. The molecule has 1 amide bonds. The van der Waals surface area contributed by atoms with Crippen LogP contribution in [0.15, 0.2) is 35.5 Å². The fourth-order valence-corrected chi connectivity index (χ4v) is 3.50. The number of hydrogen-bond donors (Lipinski definition) is 2. The highest BCUT2D eigenvalue weighted by molar-refractivity contribution is 7.99. The van der Waals surface area contributed by atoms with Crippen molar-refractivity contribution in [1.29, 1.82) is 0 Å². The molecule has 0 spiro atoms. The van der Waals surface area contributed by atoms with Crippen LogP contribution in [0.5, 0.6) is 17.2 Å². The molecule has 1 aliphatic rings. The number of aromatic amines is 1. The number of ether oxygens (including phenoxy) is 3. The van der Waals surface area contributed by atoms with Crippen LogP contribution in [0.3, 0.4) is 0 Å². The van der Waals surface area contributed by atoms with Crippen molar-refractivity contribution in [2.24, 2.45) is 0 Å². The Hall–Kier alpha value is -3.20. The number of nitrogens with zero attached hydrogens (tertiary/aromatic N) is 1. The Morgan fingerprint density at radius 1 is 1.25 bits per heavy atom. The summed E-state index contributed by atoms with van der Waals surface area (Å²) >= 11 is 1.27. The predicted octanol–water partition coefficient (Wildman–Crippen LogP) is 3.23. The lowest BCUT2D eigenvalue weighted by Gasteiger charge is -2.10. The van der Waals surface area contributed by atoms with E-state index in [0.717, 1.165) is 16.8 Å². The number of amides is 1. The minimum atomic E-state index is -0.260. The summed E-state index contributed by atoms with van der Waals surface area (Å²) in [5.74, 6) is 1.42. The zero-order valence-electron chi connectivity index (χ0n) is 15.2. The number of fused-ring (bicyclic) bond motifs is 2. The number of thioether (sulfide) groups is 1. The third kappa shape index (κ3) is 3.61. The van der Waals surface area contributed by atoms with Crippen LogP contribution >= 0.6 is 11.8 Å². The molecule has 0 aliphatic carbocycles. The van der Waals surface area contributed by atoms with E-state index < -0.39 is 0 Å². The lowest BCUT2D eigenvalue weighted by Crippen LogP contribution is -2.16. The number of carbonyl (C=O) groups is 2. The number of anilines is 1. The maximum Gasteiger partial charge on any atom is 0.234 e. The molecule has 0 saturated carbocycles. The fraction of sp³-hybridized carbons (Fsp3) is 0.211. The topological polar surface area (TPSA) is 103 Å². The van der Waals surface area contributed by atoms with Crippen LogP contribution in [0.1, 0.15) is 17.3 Å². The van der Waals surface area contributed by atoms with Gasteiger partial charge in [0.2, 0.25) is 12.7 Å². The summed E-state index contributed by atoms with van der Waals surface area (Å²) in [6, 6.07) is 8.71. The number of benzene rings is 2. The Morgan fingerprint density at radius 3 is 2.79 bits per heavy atom. The summed E-state index contributed by atoms with van der Waals surface area (Å²) in [4.78, 5) is 31.9. The van der Waals surface area contributed by atoms with Crippen molar-refractivity contribution in [2.75, 3.05) is 25.0 Å². The van der Waals surface area contributed by atoms with Gasteiger partial charge in [-0.15, -0.1) is 0 Å². The van der Waals surface area contributed by atoms with Crippen LogP contribution in [-0.4, -0.2) is 41.3 Å². The second-order valence-corrected chi connectivity index (χ2v) is 7.03. The lowest BCUT2D eigenvalue weighted by molar-refractivity contribution is -0.113. The first kappa shape index (κ1) is 18.2. The van der Waals surface area contributed by atoms with E-state index in [1.165, 1.54) is 18.7 Å². The van der Waals surface area contributed by atoms with Gasteiger partial charge >= 0.3 is 0 Å². The Morgan fingerprint density at radius 2 is 2.04 bits per heavy atom. The molecular weight excluding hydrogens is 382 g/mol. The molecule has 0 bridgehead atoms. The van der Waals surface area contributed by atoms with E-state index in [1.807, 2.05) is 18.2 Å². The molecule has 28 heavy (non-hydrogen) atoms. The van der Waals surface area contributed by atoms with Gasteiger partial charge in [-0.1, -0.05) is 11.8 Å². The summed E-state index contributed by atoms with van der Waals surface area (Å²) in [6.07, 6.45) is 0. The van der Waals surface area contributed by atoms with Gasteiger partial charge in [0.25, 0.3) is 0 Å². The molecule has 0 saturated heterocycles. The molecule has 9 heteroatoms. The number of H-pyrrole nitrogens is 1. The standard InChI is InChI=1S/C19H17N3O5S/c1-10(23)12-6-16-17(27-9-26-16)7-14(12)20-18(24)8-28-19-21-13-4-3-11(25-2)5-15(13)22-19/h3-7H,8-9H2,1-2H3,(H,20,24)(H,21,22). The van der Waals surface area contributed by atoms with Crippen LogP contribution in [0, 0.1) is 0 Å². The molecule has 2 heterocycles. The van der Waals surface area contributed by atoms with Crippen LogP contribution in [0.4, 0.5) is 5.69 Å². The van der Waals surface area contributed by atoms with Gasteiger partial charge < -0.3 is 24.5 Å². The van der Waals surface area contributed by atoms with Crippen LogP contribution < -0.4 is 19.5 Å². The molecule has 8 nitrogen and oxygen atoms in total. The molecule has 0 fully saturated rings. The smallest absolute Gasteiger partial charge is 0.234 e. The van der Waals surface area contributed by atoms with Crippen molar-refractivity contribution in [3.05, 3.63) is 35.9 Å². The van der Waals surface area contributed by atoms with E-state index in [1.54, 1.807) is 19.2 Å². The van der Waals surface area contributed by atoms with Crippen molar-refractivity contribution in [3.8, 4) is 17.2 Å². The van der Waals surface area contributed by atoms with Gasteiger partial charge in [-0.25, -0.2) is 4.98 Å². The van der Waals surface area contributed by atoms with E-state index in [0.29, 0.717) is 27.9 Å². The molecule has 144 valence electrons. The van der Waals surface area contributed by atoms with E-state index in [-0.39, 0.29) is 24.2 Å². The monoisotopic (exact) mass is 399 g/mol. The number of aromatic nitrogens is 2. The number of methoxy groups -OCH3 is 1. The summed E-state index contributed by atoms with van der Waals surface area (Å²) < 4.78 is 15.8. The Labute approximate surface area is 164 Å². The molecule has 3 aromatic rings. The van der Waals surface area contributed by atoms with Gasteiger partial charge in [-0.05, 0) is 25.1 Å². The third-order valence-corrected chi connectivity index (χ3v) is 5.05. The molecule has 2 aromatic carbocycles. The molecule has 0 radical (unpaired) electrons. The van der Waals surface area contributed by atoms with Gasteiger partial charge in [0, 0.05) is 17.7 Å². The second kappa shape index (κ2) is 7.43. The largest absolute Gasteiger partial charge is 0.497 e. The van der Waals surface area contributed by atoms with Gasteiger partial charge in [0.1, 0.15) is 5.75 Å². The maximum absolute atomic E-state index is 12.4. The molecule has 1 aliphatic heterocycles. The number of rotatable bonds is 6. The summed E-state index contributed by atoms with van der Waals surface area (Å²) in [6.45, 7) is 1.53. The average Bonchev–Trinajstić information content (AvgIpc) is 3.30. The first-order chi connectivity index (χ1) is 13.5. The average molecular weight is 399 g/mol. The van der Waals surface area contributed by atoms with E-state index in [2.05, 4.69) is 15.3 Å². The van der Waals surface area contributed by atoms with Gasteiger partial charge in [-0.3, -0.25) is 9.59 Å². The summed E-state index contributed by atoms with van der Waals surface area (Å²) in [7, 11) is 1.60. The Bertz CT molecular complexity index is 1080. The zero-order valence-corrected chi connectivity index (χ0v) is 16.0. The number of carbonyl (C=O) groups excluding carboxylic acids is 2. The third-order valence-electron chi connectivity index (χ3n) is 4.17. The number of Topliss-reactive ketones (excluding diaryl/α,β-unsaturated/α-hetero) is 1. The van der Waals surface area contributed by atoms with E-state index in [4.69, 9.17) is 14.2 Å². The van der Waals surface area contributed by atoms with Gasteiger partial charge in [0.05, 0.1) is 29.6 Å². The van der Waals surface area contributed by atoms with E-state index in [9.17, 15) is 9.59 Å². The lowest BCUT2D eigenvalue weighted by atomic mass is 10.1. The van der Waals surface area contributed by atoms with Crippen LogP contribution in [0.2, 0.25) is 0 Å². The minimum Gasteiger partial charge on any atom is -0.497 e. The van der Waals surface area contributed by atoms with Crippen LogP contribution in [0.25, 0.3) is 11.0 Å². The van der Waals surface area contributed by atoms with Crippen molar-refractivity contribution in [2.45, 2.75) is 12.1 Å². The highest BCUT2D eigenvalue weighted by Crippen LogP contribution is 2.37. The molecule has 1 aromatic heterocycles. The summed E-state index contributed by atoms with van der Waals surface area (Å²) in [5.41, 5.74) is 2.39. The summed E-state index contributed by atoms with van der Waals surface area (Å²) in [5, 5.41) is 3.39. The van der Waals surface area contributed by atoms with Crippen molar-refractivity contribution >= 4 is 40.2 Å². The first-order valence-electron chi connectivity index (χ1n) is 8.44. The number of ketones is 1. The predicted molar refractivity (Wildman–Crippen MR) is 105 cm³/mol. The molecule has 4 rings (SSSR count). The molecule has 0 atom stereocenters. The molecule has 2 N–H and O–H groups in total. The highest BCUT2D eigenvalue weighted by atomic mass is 32.2. The maximum atomic E-state index is 12.4. The van der Waals surface area contributed by atoms with E-state index >= 15 is 0 Å². The number of imidazole rings is 1. The Balaban J connectivity index is 1.46. The Kier molecular flexibility index (Phi) is 4.82. The second-order valence-electron chi connectivity index (χ2n) is 6.07. The molecule has 0 unspecified atom stereocenters. The highest BCUT2D eigenvalue weighted by Gasteiger charge is 2.20. The minimum absolute atomic E-state index is 0.0940. The van der Waals surface area contributed by atoms with Gasteiger partial charge in [-0.2, -0.15) is 0 Å². The normalized spacial score (nSPS) is 12.2. The van der Waals surface area contributed by atoms with Crippen LogP contribution in [-0.2, 0) is 4.79 Å². The fourth-order valence-electron chi connectivity index (χ4n) is 2.82. The van der Waals surface area contributed by atoms with Crippen molar-refractivity contribution in [3.63, 3.8) is 0 Å².